The SMILES string of the molecule is O=C(NNc1ncc(F)c(C2CCCCOCC2)n1)c1ccc(Nc2ccc(-c3cncnc3)c(Cl)c2)cn1. The summed E-state index contributed by atoms with van der Waals surface area (Å²) in [6.45, 7) is 1.29. The van der Waals surface area contributed by atoms with Crippen LogP contribution in [0.4, 0.5) is 21.7 Å². The minimum atomic E-state index is -0.493. The van der Waals surface area contributed by atoms with E-state index in [1.54, 1.807) is 30.6 Å². The lowest BCUT2D eigenvalue weighted by atomic mass is 9.94. The van der Waals surface area contributed by atoms with E-state index in [0.717, 1.165) is 48.9 Å². The van der Waals surface area contributed by atoms with Crippen LogP contribution in [0.1, 0.15) is 47.8 Å². The summed E-state index contributed by atoms with van der Waals surface area (Å²) in [6.07, 6.45) is 10.9. The second kappa shape index (κ2) is 12.5. The first-order valence-corrected chi connectivity index (χ1v) is 12.9. The smallest absolute Gasteiger partial charge is 0.288 e. The maximum atomic E-state index is 14.5. The number of nitrogens with one attached hydrogen (secondary N) is 3. The third-order valence-corrected chi connectivity index (χ3v) is 6.59. The lowest BCUT2D eigenvalue weighted by Gasteiger charge is -2.20. The van der Waals surface area contributed by atoms with Gasteiger partial charge in [0.1, 0.15) is 12.0 Å². The van der Waals surface area contributed by atoms with Gasteiger partial charge in [-0.2, -0.15) is 0 Å². The van der Waals surface area contributed by atoms with Gasteiger partial charge in [-0.1, -0.05) is 24.1 Å². The van der Waals surface area contributed by atoms with E-state index in [1.807, 2.05) is 12.1 Å². The second-order valence-electron chi connectivity index (χ2n) is 8.98. The molecular weight excluding hydrogens is 523 g/mol. The molecule has 200 valence electrons. The first-order chi connectivity index (χ1) is 19.1. The third-order valence-electron chi connectivity index (χ3n) is 6.27. The number of hydrogen-bond donors (Lipinski definition) is 3. The summed E-state index contributed by atoms with van der Waals surface area (Å²) in [6, 6.07) is 8.83. The molecule has 1 amide bonds. The van der Waals surface area contributed by atoms with Crippen molar-refractivity contribution in [1.82, 2.24) is 30.3 Å². The van der Waals surface area contributed by atoms with Gasteiger partial charge < -0.3 is 10.1 Å². The van der Waals surface area contributed by atoms with Gasteiger partial charge in [-0.05, 0) is 43.5 Å². The molecule has 0 aliphatic carbocycles. The van der Waals surface area contributed by atoms with Crippen molar-refractivity contribution in [3.05, 3.63) is 83.7 Å². The average molecular weight is 549 g/mol. The van der Waals surface area contributed by atoms with E-state index in [1.165, 1.54) is 12.5 Å². The number of ether oxygens (including phenoxy) is 1. The van der Waals surface area contributed by atoms with Crippen LogP contribution in [0.5, 0.6) is 0 Å². The number of benzene rings is 1. The quantitative estimate of drug-likeness (QED) is 0.264. The van der Waals surface area contributed by atoms with Crippen molar-refractivity contribution in [3.63, 3.8) is 0 Å². The Morgan fingerprint density at radius 2 is 1.82 bits per heavy atom. The molecule has 1 saturated heterocycles. The Kier molecular flexibility index (Phi) is 8.49. The topological polar surface area (TPSA) is 127 Å². The van der Waals surface area contributed by atoms with E-state index in [9.17, 15) is 9.18 Å². The number of halogens is 2. The van der Waals surface area contributed by atoms with Crippen molar-refractivity contribution in [2.45, 2.75) is 31.6 Å². The van der Waals surface area contributed by atoms with E-state index in [-0.39, 0.29) is 17.6 Å². The van der Waals surface area contributed by atoms with Gasteiger partial charge in [0.2, 0.25) is 5.95 Å². The second-order valence-corrected chi connectivity index (χ2v) is 9.39. The van der Waals surface area contributed by atoms with E-state index < -0.39 is 11.7 Å². The van der Waals surface area contributed by atoms with Gasteiger partial charge in [-0.3, -0.25) is 15.6 Å². The molecular formula is C27H26ClFN8O2. The maximum absolute atomic E-state index is 14.5. The Labute approximate surface area is 229 Å². The zero-order valence-corrected chi connectivity index (χ0v) is 21.7. The summed E-state index contributed by atoms with van der Waals surface area (Å²) in [5.74, 6) is -0.923. The molecule has 5 rings (SSSR count). The molecule has 1 fully saturated rings. The lowest BCUT2D eigenvalue weighted by molar-refractivity contribution is 0.0957. The molecule has 0 radical (unpaired) electrons. The third kappa shape index (κ3) is 6.81. The molecule has 1 aromatic carbocycles. The van der Waals surface area contributed by atoms with E-state index in [2.05, 4.69) is 41.1 Å². The number of rotatable bonds is 7. The van der Waals surface area contributed by atoms with Gasteiger partial charge in [0.05, 0.1) is 28.8 Å². The summed E-state index contributed by atoms with van der Waals surface area (Å²) in [4.78, 5) is 33.1. The van der Waals surface area contributed by atoms with Gasteiger partial charge in [0.15, 0.2) is 5.82 Å². The molecule has 0 spiro atoms. The molecule has 3 N–H and O–H groups in total. The Balaban J connectivity index is 1.18. The molecule has 3 aromatic heterocycles. The van der Waals surface area contributed by atoms with Gasteiger partial charge in [0.25, 0.3) is 5.91 Å². The summed E-state index contributed by atoms with van der Waals surface area (Å²) >= 11 is 6.45. The van der Waals surface area contributed by atoms with Crippen molar-refractivity contribution in [2.75, 3.05) is 24.0 Å². The molecule has 0 bridgehead atoms. The number of nitrogens with zero attached hydrogens (tertiary/aromatic N) is 5. The highest BCUT2D eigenvalue weighted by Crippen LogP contribution is 2.31. The van der Waals surface area contributed by atoms with Crippen molar-refractivity contribution >= 4 is 34.8 Å². The normalized spacial score (nSPS) is 15.6. The van der Waals surface area contributed by atoms with Crippen molar-refractivity contribution < 1.29 is 13.9 Å². The average Bonchev–Trinajstić information content (AvgIpc) is 2.93. The first-order valence-electron chi connectivity index (χ1n) is 12.5. The molecule has 0 saturated carbocycles. The van der Waals surface area contributed by atoms with E-state index >= 15 is 0 Å². The number of carbonyl (C=O) groups is 1. The fourth-order valence-electron chi connectivity index (χ4n) is 4.28. The van der Waals surface area contributed by atoms with Crippen LogP contribution in [0, 0.1) is 5.82 Å². The van der Waals surface area contributed by atoms with Gasteiger partial charge >= 0.3 is 0 Å². The lowest BCUT2D eigenvalue weighted by Crippen LogP contribution is -2.31. The van der Waals surface area contributed by atoms with Crippen LogP contribution in [0.15, 0.2) is 61.4 Å². The summed E-state index contributed by atoms with van der Waals surface area (Å²) in [7, 11) is 0. The van der Waals surface area contributed by atoms with Crippen molar-refractivity contribution in [3.8, 4) is 11.1 Å². The van der Waals surface area contributed by atoms with Crippen molar-refractivity contribution in [2.24, 2.45) is 0 Å². The highest BCUT2D eigenvalue weighted by atomic mass is 35.5. The highest BCUT2D eigenvalue weighted by molar-refractivity contribution is 6.33. The number of hydrazine groups is 1. The number of anilines is 3. The van der Waals surface area contributed by atoms with E-state index in [4.69, 9.17) is 16.3 Å². The Morgan fingerprint density at radius 3 is 2.62 bits per heavy atom. The molecule has 1 aliphatic heterocycles. The predicted molar refractivity (Wildman–Crippen MR) is 145 cm³/mol. The molecule has 4 heterocycles. The minimum absolute atomic E-state index is 0.0651. The number of aromatic nitrogens is 5. The first kappa shape index (κ1) is 26.4. The van der Waals surface area contributed by atoms with Gasteiger partial charge in [0, 0.05) is 48.3 Å². The molecule has 10 nitrogen and oxygen atoms in total. The maximum Gasteiger partial charge on any atom is 0.288 e. The van der Waals surface area contributed by atoms with Crippen LogP contribution in [0.3, 0.4) is 0 Å². The predicted octanol–water partition coefficient (Wildman–Crippen LogP) is 5.30. The number of hydrogen-bond acceptors (Lipinski definition) is 9. The minimum Gasteiger partial charge on any atom is -0.381 e. The molecule has 4 aromatic rings. The zero-order chi connectivity index (χ0) is 27.0. The number of pyridine rings is 1. The number of amides is 1. The van der Waals surface area contributed by atoms with Gasteiger partial charge in [-0.25, -0.2) is 29.3 Å². The summed E-state index contributed by atoms with van der Waals surface area (Å²) in [5.41, 5.74) is 8.72. The molecule has 1 atom stereocenters. The van der Waals surface area contributed by atoms with Crippen LogP contribution < -0.4 is 16.2 Å². The van der Waals surface area contributed by atoms with Crippen LogP contribution in [-0.4, -0.2) is 44.0 Å². The Hall–Kier alpha value is -4.22. The zero-order valence-electron chi connectivity index (χ0n) is 20.9. The van der Waals surface area contributed by atoms with Crippen LogP contribution in [0.25, 0.3) is 11.1 Å². The van der Waals surface area contributed by atoms with Crippen molar-refractivity contribution in [1.29, 1.82) is 0 Å². The standard InChI is InChI=1S/C27H26ClFN8O2/c28-22-11-19(4-6-21(22)18-12-30-16-31-13-18)34-20-5-7-24(32-14-20)26(38)36-37-27-33-15-23(29)25(35-27)17-3-1-2-9-39-10-8-17/h4-7,11-17,34H,1-3,8-10H2,(H,36,38)(H,33,35,37). The molecule has 1 aliphatic rings. The van der Waals surface area contributed by atoms with Gasteiger partial charge in [-0.15, -0.1) is 0 Å². The Morgan fingerprint density at radius 1 is 0.974 bits per heavy atom. The van der Waals surface area contributed by atoms with Crippen LogP contribution >= 0.6 is 11.6 Å². The molecule has 1 unspecified atom stereocenters. The largest absolute Gasteiger partial charge is 0.381 e. The number of carbonyl (C=O) groups excluding carboxylic acids is 1. The summed E-state index contributed by atoms with van der Waals surface area (Å²) in [5, 5.41) is 3.75. The Bertz CT molecular complexity index is 1420. The van der Waals surface area contributed by atoms with Crippen LogP contribution in [0.2, 0.25) is 5.02 Å². The monoisotopic (exact) mass is 548 g/mol. The van der Waals surface area contributed by atoms with Crippen LogP contribution in [-0.2, 0) is 4.74 Å². The summed E-state index contributed by atoms with van der Waals surface area (Å²) < 4.78 is 20.0. The molecule has 39 heavy (non-hydrogen) atoms. The molecule has 12 heteroatoms. The highest BCUT2D eigenvalue weighted by Gasteiger charge is 2.20. The fourth-order valence-corrected chi connectivity index (χ4v) is 4.57. The fraction of sp³-hybridized carbons (Fsp3) is 0.259. The van der Waals surface area contributed by atoms with E-state index in [0.29, 0.717) is 29.4 Å².